The van der Waals surface area contributed by atoms with Gasteiger partial charge in [0.05, 0.1) is 18.6 Å². The van der Waals surface area contributed by atoms with Crippen LogP contribution in [0.25, 0.3) is 6.08 Å². The molecule has 0 bridgehead atoms. The molecule has 0 aliphatic carbocycles. The van der Waals surface area contributed by atoms with Crippen molar-refractivity contribution < 1.29 is 33.0 Å². The number of nitrogens with zero attached hydrogens (tertiary/aromatic N) is 1. The highest BCUT2D eigenvalue weighted by molar-refractivity contribution is 8.18. The van der Waals surface area contributed by atoms with Gasteiger partial charge in [-0.1, -0.05) is 12.1 Å². The van der Waals surface area contributed by atoms with Crippen molar-refractivity contribution in [3.05, 3.63) is 64.8 Å². The summed E-state index contributed by atoms with van der Waals surface area (Å²) in [6, 6.07) is 12.2. The summed E-state index contributed by atoms with van der Waals surface area (Å²) >= 11 is 0.847. The molecule has 0 saturated carbocycles. The van der Waals surface area contributed by atoms with E-state index >= 15 is 0 Å². The summed E-state index contributed by atoms with van der Waals surface area (Å²) in [7, 11) is 1.27. The molecule has 0 atom stereocenters. The molecule has 2 aromatic carbocycles. The van der Waals surface area contributed by atoms with E-state index in [1.165, 1.54) is 31.4 Å². The van der Waals surface area contributed by atoms with E-state index in [1.807, 2.05) is 0 Å². The van der Waals surface area contributed by atoms with Crippen LogP contribution in [0.1, 0.15) is 5.56 Å². The number of hydrogen-bond donors (Lipinski definition) is 0. The van der Waals surface area contributed by atoms with Gasteiger partial charge in [-0.05, 0) is 59.8 Å². The molecular weight excluding hydrogens is 413 g/mol. The maximum Gasteiger partial charge on any atom is 0.343 e. The van der Waals surface area contributed by atoms with Gasteiger partial charge >= 0.3 is 5.97 Å². The molecule has 1 aliphatic heterocycles. The number of esters is 1. The van der Waals surface area contributed by atoms with Crippen LogP contribution < -0.4 is 9.47 Å². The Morgan fingerprint density at radius 3 is 2.33 bits per heavy atom. The van der Waals surface area contributed by atoms with Crippen molar-refractivity contribution in [1.82, 2.24) is 4.90 Å². The number of methoxy groups -OCH3 is 1. The first-order valence-corrected chi connectivity index (χ1v) is 9.71. The second-order valence-corrected chi connectivity index (χ2v) is 7.06. The zero-order valence-electron chi connectivity index (χ0n) is 16.0. The van der Waals surface area contributed by atoms with Crippen molar-refractivity contribution >= 4 is 35.0 Å². The van der Waals surface area contributed by atoms with E-state index in [0.29, 0.717) is 22.0 Å². The third-order valence-corrected chi connectivity index (χ3v) is 4.94. The molecule has 1 aliphatic rings. The molecule has 156 valence electrons. The van der Waals surface area contributed by atoms with Crippen molar-refractivity contribution in [2.45, 2.75) is 0 Å². The average molecular weight is 431 g/mol. The van der Waals surface area contributed by atoms with Gasteiger partial charge in [0, 0.05) is 0 Å². The van der Waals surface area contributed by atoms with Gasteiger partial charge in [-0.25, -0.2) is 9.18 Å². The summed E-state index contributed by atoms with van der Waals surface area (Å²) in [6.07, 6.45) is 1.61. The molecule has 7 nitrogen and oxygen atoms in total. The molecule has 2 amide bonds. The number of amides is 2. The van der Waals surface area contributed by atoms with Crippen LogP contribution in [-0.4, -0.2) is 48.9 Å². The van der Waals surface area contributed by atoms with Crippen LogP contribution in [0.5, 0.6) is 11.5 Å². The third kappa shape index (κ3) is 5.60. The van der Waals surface area contributed by atoms with Gasteiger partial charge in [0.25, 0.3) is 11.1 Å². The van der Waals surface area contributed by atoms with E-state index in [9.17, 15) is 18.8 Å². The van der Waals surface area contributed by atoms with Crippen molar-refractivity contribution in [1.29, 1.82) is 0 Å². The van der Waals surface area contributed by atoms with E-state index in [4.69, 9.17) is 9.47 Å². The van der Waals surface area contributed by atoms with Gasteiger partial charge in [-0.2, -0.15) is 0 Å². The van der Waals surface area contributed by atoms with Gasteiger partial charge in [0.1, 0.15) is 23.9 Å². The SMILES string of the molecule is COC(=O)COc1ccc(/C=C2\SC(=O)N(CCOc3ccc(F)cc3)C2=O)cc1. The highest BCUT2D eigenvalue weighted by atomic mass is 32.2. The molecule has 9 heteroatoms. The number of hydrogen-bond acceptors (Lipinski definition) is 7. The van der Waals surface area contributed by atoms with Gasteiger partial charge in [-0.3, -0.25) is 14.5 Å². The highest BCUT2D eigenvalue weighted by Gasteiger charge is 2.34. The Balaban J connectivity index is 1.56. The zero-order chi connectivity index (χ0) is 21.5. The number of ether oxygens (including phenoxy) is 3. The second-order valence-electron chi connectivity index (χ2n) is 6.07. The van der Waals surface area contributed by atoms with Gasteiger partial charge in [0.15, 0.2) is 6.61 Å². The molecule has 0 aromatic heterocycles. The van der Waals surface area contributed by atoms with Crippen molar-refractivity contribution in [2.75, 3.05) is 26.9 Å². The van der Waals surface area contributed by atoms with Crippen molar-refractivity contribution in [3.8, 4) is 11.5 Å². The monoisotopic (exact) mass is 431 g/mol. The molecule has 3 rings (SSSR count). The fraction of sp³-hybridized carbons (Fsp3) is 0.190. The van der Waals surface area contributed by atoms with Crippen LogP contribution in [0.3, 0.4) is 0 Å². The van der Waals surface area contributed by atoms with Crippen LogP contribution in [0.15, 0.2) is 53.4 Å². The first kappa shape index (κ1) is 21.4. The fourth-order valence-corrected chi connectivity index (χ4v) is 3.36. The van der Waals surface area contributed by atoms with E-state index in [2.05, 4.69) is 4.74 Å². The fourth-order valence-electron chi connectivity index (χ4n) is 2.49. The first-order chi connectivity index (χ1) is 14.5. The molecule has 1 saturated heterocycles. The Kier molecular flexibility index (Phi) is 7.08. The van der Waals surface area contributed by atoms with Gasteiger partial charge < -0.3 is 14.2 Å². The largest absolute Gasteiger partial charge is 0.492 e. The summed E-state index contributed by atoms with van der Waals surface area (Å²) in [5.41, 5.74) is 0.702. The van der Waals surface area contributed by atoms with Crippen LogP contribution in [0, 0.1) is 5.82 Å². The Hall–Kier alpha value is -3.33. The van der Waals surface area contributed by atoms with Crippen LogP contribution in [0.2, 0.25) is 0 Å². The molecule has 1 heterocycles. The predicted octanol–water partition coefficient (Wildman–Crippen LogP) is 3.49. The van der Waals surface area contributed by atoms with Crippen LogP contribution >= 0.6 is 11.8 Å². The van der Waals surface area contributed by atoms with E-state index in [0.717, 1.165) is 16.7 Å². The number of thioether (sulfide) groups is 1. The van der Waals surface area contributed by atoms with Crippen molar-refractivity contribution in [2.24, 2.45) is 0 Å². The van der Waals surface area contributed by atoms with E-state index in [1.54, 1.807) is 30.3 Å². The Bertz CT molecular complexity index is 958. The number of benzene rings is 2. The highest BCUT2D eigenvalue weighted by Crippen LogP contribution is 2.32. The Labute approximate surface area is 176 Å². The summed E-state index contributed by atoms with van der Waals surface area (Å²) in [4.78, 5) is 37.2. The molecule has 1 fully saturated rings. The number of halogens is 1. The second kappa shape index (κ2) is 9.93. The molecular formula is C21H18FNO6S. The smallest absolute Gasteiger partial charge is 0.343 e. The Morgan fingerprint density at radius 2 is 1.67 bits per heavy atom. The van der Waals surface area contributed by atoms with Crippen LogP contribution in [-0.2, 0) is 14.3 Å². The summed E-state index contributed by atoms with van der Waals surface area (Å²) < 4.78 is 28.1. The molecule has 2 aromatic rings. The number of imide groups is 1. The Morgan fingerprint density at radius 1 is 1.03 bits per heavy atom. The number of carbonyl (C=O) groups excluding carboxylic acids is 3. The molecule has 0 spiro atoms. The first-order valence-electron chi connectivity index (χ1n) is 8.89. The third-order valence-electron chi connectivity index (χ3n) is 4.03. The predicted molar refractivity (Wildman–Crippen MR) is 109 cm³/mol. The van der Waals surface area contributed by atoms with Crippen LogP contribution in [0.4, 0.5) is 9.18 Å². The molecule has 0 N–H and O–H groups in total. The summed E-state index contributed by atoms with van der Waals surface area (Å²) in [6.45, 7) is -0.0163. The van der Waals surface area contributed by atoms with Gasteiger partial charge in [-0.15, -0.1) is 0 Å². The van der Waals surface area contributed by atoms with E-state index in [-0.39, 0.29) is 30.8 Å². The average Bonchev–Trinajstić information content (AvgIpc) is 3.01. The molecule has 0 radical (unpaired) electrons. The summed E-state index contributed by atoms with van der Waals surface area (Å²) in [5.74, 6) is -0.339. The lowest BCUT2D eigenvalue weighted by Crippen LogP contribution is -2.32. The lowest BCUT2D eigenvalue weighted by molar-refractivity contribution is -0.142. The summed E-state index contributed by atoms with van der Waals surface area (Å²) in [5, 5.41) is -0.382. The quantitative estimate of drug-likeness (QED) is 0.467. The zero-order valence-corrected chi connectivity index (χ0v) is 16.8. The minimum atomic E-state index is -0.490. The minimum Gasteiger partial charge on any atom is -0.492 e. The topological polar surface area (TPSA) is 82.1 Å². The number of rotatable bonds is 8. The van der Waals surface area contributed by atoms with Crippen molar-refractivity contribution in [3.63, 3.8) is 0 Å². The number of carbonyl (C=O) groups is 3. The lowest BCUT2D eigenvalue weighted by Gasteiger charge is -2.13. The van der Waals surface area contributed by atoms with Gasteiger partial charge in [0.2, 0.25) is 0 Å². The normalized spacial score (nSPS) is 14.9. The maximum absolute atomic E-state index is 12.9. The lowest BCUT2D eigenvalue weighted by atomic mass is 10.2. The molecule has 30 heavy (non-hydrogen) atoms. The van der Waals surface area contributed by atoms with E-state index < -0.39 is 11.9 Å². The molecule has 0 unspecified atom stereocenters. The minimum absolute atomic E-state index is 0.0830. The maximum atomic E-state index is 12.9. The standard InChI is InChI=1S/C21H18FNO6S/c1-27-19(24)13-29-17-6-2-14(3-7-17)12-18-20(25)23(21(26)30-18)10-11-28-16-8-4-15(22)5-9-16/h2-9,12H,10-11,13H2,1H3/b18-12-.